The zero-order chi connectivity index (χ0) is 12.8. The Bertz CT molecular complexity index is 589. The number of hydrogen-bond donors (Lipinski definition) is 2. The van der Waals surface area contributed by atoms with Crippen molar-refractivity contribution in [3.8, 4) is 0 Å². The Hall–Kier alpha value is -1.91. The lowest BCUT2D eigenvalue weighted by Gasteiger charge is -2.11. The van der Waals surface area contributed by atoms with Crippen LogP contribution in [-0.2, 0) is 5.41 Å². The highest BCUT2D eigenvalue weighted by Gasteiger charge is 2.21. The van der Waals surface area contributed by atoms with Gasteiger partial charge in [0.2, 0.25) is 0 Å². The Morgan fingerprint density at radius 2 is 2.00 bits per heavy atom. The molecule has 0 saturated heterocycles. The smallest absolute Gasteiger partial charge is 0.166 e. The van der Waals surface area contributed by atoms with E-state index in [4.69, 9.17) is 11.1 Å². The minimum Gasteiger partial charge on any atom is -0.384 e. The maximum absolute atomic E-state index is 7.55. The van der Waals surface area contributed by atoms with E-state index in [-0.39, 0.29) is 11.3 Å². The Morgan fingerprint density at radius 3 is 2.53 bits per heavy atom. The van der Waals surface area contributed by atoms with Crippen molar-refractivity contribution >= 4 is 11.5 Å². The van der Waals surface area contributed by atoms with Gasteiger partial charge in [-0.2, -0.15) is 5.10 Å². The summed E-state index contributed by atoms with van der Waals surface area (Å²) >= 11 is 0. The molecular weight excluding hydrogens is 214 g/mol. The van der Waals surface area contributed by atoms with Gasteiger partial charge in [0.05, 0.1) is 5.56 Å². The third-order valence-corrected chi connectivity index (χ3v) is 2.63. The van der Waals surface area contributed by atoms with Crippen LogP contribution in [0.5, 0.6) is 0 Å². The van der Waals surface area contributed by atoms with Crippen LogP contribution in [-0.4, -0.2) is 20.4 Å². The quantitative estimate of drug-likeness (QED) is 0.578. The molecule has 0 unspecified atom stereocenters. The summed E-state index contributed by atoms with van der Waals surface area (Å²) in [6.07, 6.45) is 0. The van der Waals surface area contributed by atoms with Crippen LogP contribution in [0, 0.1) is 12.3 Å². The van der Waals surface area contributed by atoms with Crippen molar-refractivity contribution in [3.05, 3.63) is 29.2 Å². The molecule has 2 rings (SSSR count). The number of nitrogens with one attached hydrogen (secondary N) is 1. The second kappa shape index (κ2) is 3.55. The van der Waals surface area contributed by atoms with Crippen molar-refractivity contribution in [2.45, 2.75) is 33.1 Å². The van der Waals surface area contributed by atoms with E-state index in [0.29, 0.717) is 11.2 Å². The Kier molecular flexibility index (Phi) is 2.41. The van der Waals surface area contributed by atoms with E-state index in [9.17, 15) is 0 Å². The van der Waals surface area contributed by atoms with E-state index < -0.39 is 0 Å². The summed E-state index contributed by atoms with van der Waals surface area (Å²) < 4.78 is 1.75. The number of nitrogens with two attached hydrogens (primary N) is 1. The van der Waals surface area contributed by atoms with Gasteiger partial charge in [-0.1, -0.05) is 20.8 Å². The molecule has 0 fully saturated rings. The zero-order valence-corrected chi connectivity index (χ0v) is 10.6. The number of aromatic nitrogens is 3. The molecule has 5 nitrogen and oxygen atoms in total. The molecule has 2 aromatic heterocycles. The lowest BCUT2D eigenvalue weighted by molar-refractivity contribution is 0.544. The third-order valence-electron chi connectivity index (χ3n) is 2.63. The Morgan fingerprint density at radius 1 is 1.35 bits per heavy atom. The number of amidine groups is 1. The van der Waals surface area contributed by atoms with Crippen molar-refractivity contribution in [3.63, 3.8) is 0 Å². The first-order chi connectivity index (χ1) is 7.80. The maximum Gasteiger partial charge on any atom is 0.166 e. The standard InChI is InChI=1S/C12H17N5/c1-7-5-6-8(9(13)14)10-15-11(12(2,3)4)16-17(7)10/h5-6H,1-4H3,(H3,13,14). The largest absolute Gasteiger partial charge is 0.384 e. The van der Waals surface area contributed by atoms with Crippen LogP contribution in [0.1, 0.15) is 37.9 Å². The highest BCUT2D eigenvalue weighted by atomic mass is 15.3. The molecule has 0 amide bonds. The summed E-state index contributed by atoms with van der Waals surface area (Å²) in [7, 11) is 0. The summed E-state index contributed by atoms with van der Waals surface area (Å²) in [4.78, 5) is 4.50. The van der Waals surface area contributed by atoms with Crippen LogP contribution >= 0.6 is 0 Å². The number of pyridine rings is 1. The molecule has 0 spiro atoms. The minimum atomic E-state index is -0.119. The van der Waals surface area contributed by atoms with Gasteiger partial charge in [-0.25, -0.2) is 9.50 Å². The Labute approximate surface area is 100 Å². The van der Waals surface area contributed by atoms with Gasteiger partial charge in [0.15, 0.2) is 11.5 Å². The topological polar surface area (TPSA) is 80.1 Å². The monoisotopic (exact) mass is 231 g/mol. The molecule has 0 bridgehead atoms. The SMILES string of the molecule is Cc1ccc(C(=N)N)c2nc(C(C)(C)C)nn12. The fourth-order valence-corrected chi connectivity index (χ4v) is 1.61. The first-order valence-corrected chi connectivity index (χ1v) is 5.52. The fourth-order valence-electron chi connectivity index (χ4n) is 1.61. The molecule has 3 N–H and O–H groups in total. The van der Waals surface area contributed by atoms with E-state index in [2.05, 4.69) is 30.9 Å². The van der Waals surface area contributed by atoms with E-state index in [1.807, 2.05) is 19.1 Å². The second-order valence-electron chi connectivity index (χ2n) is 5.22. The average Bonchev–Trinajstić information content (AvgIpc) is 2.62. The maximum atomic E-state index is 7.55. The highest BCUT2D eigenvalue weighted by molar-refractivity contribution is 6.00. The molecule has 17 heavy (non-hydrogen) atoms. The predicted octanol–water partition coefficient (Wildman–Crippen LogP) is 1.62. The van der Waals surface area contributed by atoms with Gasteiger partial charge in [0, 0.05) is 11.1 Å². The number of nitrogens with zero attached hydrogens (tertiary/aromatic N) is 3. The third kappa shape index (κ3) is 1.88. The molecule has 2 aromatic rings. The molecule has 0 atom stereocenters. The lowest BCUT2D eigenvalue weighted by Crippen LogP contribution is -2.13. The summed E-state index contributed by atoms with van der Waals surface area (Å²) in [5, 5.41) is 12.0. The van der Waals surface area contributed by atoms with Gasteiger partial charge in [-0.3, -0.25) is 5.41 Å². The fraction of sp³-hybridized carbons (Fsp3) is 0.417. The van der Waals surface area contributed by atoms with Crippen LogP contribution in [0.15, 0.2) is 12.1 Å². The normalized spacial score (nSPS) is 12.0. The molecule has 2 heterocycles. The molecule has 0 saturated carbocycles. The summed E-state index contributed by atoms with van der Waals surface area (Å²) in [5.74, 6) is 0.775. The number of aryl methyl sites for hydroxylation is 1. The van der Waals surface area contributed by atoms with Crippen molar-refractivity contribution in [1.29, 1.82) is 5.41 Å². The van der Waals surface area contributed by atoms with Crippen molar-refractivity contribution in [2.75, 3.05) is 0 Å². The Balaban J connectivity index is 2.79. The number of nitrogen functional groups attached to an aromatic ring is 1. The second-order valence-corrected chi connectivity index (χ2v) is 5.22. The first-order valence-electron chi connectivity index (χ1n) is 5.52. The summed E-state index contributed by atoms with van der Waals surface area (Å²) in [5.41, 5.74) is 7.69. The highest BCUT2D eigenvalue weighted by Crippen LogP contribution is 2.21. The molecule has 0 aromatic carbocycles. The van der Waals surface area contributed by atoms with Gasteiger partial charge < -0.3 is 5.73 Å². The molecule has 90 valence electrons. The van der Waals surface area contributed by atoms with Gasteiger partial charge in [-0.05, 0) is 19.1 Å². The van der Waals surface area contributed by atoms with Gasteiger partial charge in [-0.15, -0.1) is 0 Å². The minimum absolute atomic E-state index is 0.0165. The van der Waals surface area contributed by atoms with Crippen molar-refractivity contribution in [2.24, 2.45) is 5.73 Å². The lowest BCUT2D eigenvalue weighted by atomic mass is 9.96. The van der Waals surface area contributed by atoms with E-state index >= 15 is 0 Å². The van der Waals surface area contributed by atoms with Crippen molar-refractivity contribution in [1.82, 2.24) is 14.6 Å². The molecule has 0 aliphatic rings. The van der Waals surface area contributed by atoms with Crippen LogP contribution < -0.4 is 5.73 Å². The summed E-state index contributed by atoms with van der Waals surface area (Å²) in [6, 6.07) is 3.71. The van der Waals surface area contributed by atoms with Gasteiger partial charge in [0.1, 0.15) is 5.84 Å². The molecule has 0 aliphatic heterocycles. The molecule has 5 heteroatoms. The van der Waals surface area contributed by atoms with Crippen molar-refractivity contribution < 1.29 is 0 Å². The molecular formula is C12H17N5. The van der Waals surface area contributed by atoms with Crippen LogP contribution in [0.3, 0.4) is 0 Å². The van der Waals surface area contributed by atoms with Crippen LogP contribution in [0.4, 0.5) is 0 Å². The van der Waals surface area contributed by atoms with Crippen LogP contribution in [0.2, 0.25) is 0 Å². The van der Waals surface area contributed by atoms with E-state index in [1.165, 1.54) is 0 Å². The number of rotatable bonds is 1. The first kappa shape index (κ1) is 11.6. The number of hydrogen-bond acceptors (Lipinski definition) is 3. The van der Waals surface area contributed by atoms with Crippen LogP contribution in [0.25, 0.3) is 5.65 Å². The summed E-state index contributed by atoms with van der Waals surface area (Å²) in [6.45, 7) is 8.14. The predicted molar refractivity (Wildman–Crippen MR) is 67.4 cm³/mol. The van der Waals surface area contributed by atoms with Gasteiger partial charge >= 0.3 is 0 Å². The van der Waals surface area contributed by atoms with E-state index in [0.717, 1.165) is 11.5 Å². The van der Waals surface area contributed by atoms with Gasteiger partial charge in [0.25, 0.3) is 0 Å². The molecule has 0 radical (unpaired) electrons. The zero-order valence-electron chi connectivity index (χ0n) is 10.6. The molecule has 0 aliphatic carbocycles. The number of fused-ring (bicyclic) bond motifs is 1. The average molecular weight is 231 g/mol. The van der Waals surface area contributed by atoms with E-state index in [1.54, 1.807) is 4.52 Å².